The highest BCUT2D eigenvalue weighted by Gasteiger charge is 2.19. The van der Waals surface area contributed by atoms with E-state index in [4.69, 9.17) is 10.7 Å². The molecule has 0 atom stereocenters. The van der Waals surface area contributed by atoms with E-state index in [0.717, 1.165) is 11.3 Å². The summed E-state index contributed by atoms with van der Waals surface area (Å²) in [5.41, 5.74) is 0. The van der Waals surface area contributed by atoms with E-state index in [1.165, 1.54) is 6.07 Å². The van der Waals surface area contributed by atoms with Crippen LogP contribution in [0.5, 0.6) is 0 Å². The van der Waals surface area contributed by atoms with E-state index in [2.05, 4.69) is 33.0 Å². The van der Waals surface area contributed by atoms with E-state index in [9.17, 15) is 13.2 Å². The molecule has 0 radical (unpaired) electrons. The predicted molar refractivity (Wildman–Crippen MR) is 87.2 cm³/mol. The molecule has 0 aliphatic heterocycles. The van der Waals surface area contributed by atoms with Gasteiger partial charge in [0.15, 0.2) is 0 Å². The molecule has 120 valence electrons. The van der Waals surface area contributed by atoms with Crippen LogP contribution in [0.3, 0.4) is 0 Å². The van der Waals surface area contributed by atoms with Crippen LogP contribution in [0.2, 0.25) is 0 Å². The van der Waals surface area contributed by atoms with Crippen molar-refractivity contribution in [3.8, 4) is 0 Å². The minimum absolute atomic E-state index is 0.0780. The molecule has 0 unspecified atom stereocenters. The van der Waals surface area contributed by atoms with E-state index in [1.54, 1.807) is 6.07 Å². The minimum atomic E-state index is -3.71. The van der Waals surface area contributed by atoms with Crippen molar-refractivity contribution in [3.05, 3.63) is 17.0 Å². The van der Waals surface area contributed by atoms with Crippen molar-refractivity contribution in [3.63, 3.8) is 0 Å². The van der Waals surface area contributed by atoms with Crippen molar-refractivity contribution < 1.29 is 13.2 Å². The number of thiophene rings is 1. The molecule has 0 saturated heterocycles. The van der Waals surface area contributed by atoms with Crippen LogP contribution in [0.4, 0.5) is 0 Å². The molecule has 0 spiro atoms. The van der Waals surface area contributed by atoms with Gasteiger partial charge in [-0.3, -0.25) is 4.79 Å². The lowest BCUT2D eigenvalue weighted by Crippen LogP contribution is -2.34. The molecule has 1 aromatic rings. The fourth-order valence-electron chi connectivity index (χ4n) is 2.28. The number of hydrogen-bond acceptors (Lipinski definition) is 4. The lowest BCUT2D eigenvalue weighted by molar-refractivity contribution is -0.120. The molecule has 1 amide bonds. The third kappa shape index (κ3) is 5.96. The van der Waals surface area contributed by atoms with Gasteiger partial charge in [-0.15, -0.1) is 11.3 Å². The lowest BCUT2D eigenvalue weighted by Gasteiger charge is -2.25. The van der Waals surface area contributed by atoms with Crippen LogP contribution in [0.15, 0.2) is 16.3 Å². The van der Waals surface area contributed by atoms with Gasteiger partial charge in [0.1, 0.15) is 4.21 Å². The average molecular weight is 352 g/mol. The van der Waals surface area contributed by atoms with E-state index >= 15 is 0 Å². The zero-order chi connectivity index (χ0) is 16.2. The smallest absolute Gasteiger partial charge is 0.270 e. The number of rotatable bonds is 7. The summed E-state index contributed by atoms with van der Waals surface area (Å²) < 4.78 is 22.4. The Morgan fingerprint density at radius 2 is 1.81 bits per heavy atom. The van der Waals surface area contributed by atoms with Crippen molar-refractivity contribution in [2.24, 2.45) is 17.8 Å². The fourth-order valence-corrected chi connectivity index (χ4v) is 4.40. The number of amides is 1. The largest absolute Gasteiger partial charge is 0.355 e. The Bertz CT molecular complexity index is 571. The SMILES string of the molecule is CC(C)C(CNC(=O)Cc1ccc(S(=O)(=O)Cl)s1)C(C)C. The molecule has 0 aliphatic carbocycles. The summed E-state index contributed by atoms with van der Waals surface area (Å²) in [5, 5.41) is 2.93. The van der Waals surface area contributed by atoms with Gasteiger partial charge in [0.2, 0.25) is 5.91 Å². The van der Waals surface area contributed by atoms with Gasteiger partial charge in [-0.25, -0.2) is 8.42 Å². The molecular weight excluding hydrogens is 330 g/mol. The van der Waals surface area contributed by atoms with E-state index in [-0.39, 0.29) is 16.5 Å². The van der Waals surface area contributed by atoms with E-state index in [0.29, 0.717) is 29.2 Å². The molecule has 4 nitrogen and oxygen atoms in total. The van der Waals surface area contributed by atoms with Crippen LogP contribution in [-0.2, 0) is 20.3 Å². The Morgan fingerprint density at radius 1 is 1.24 bits per heavy atom. The quantitative estimate of drug-likeness (QED) is 0.767. The zero-order valence-electron chi connectivity index (χ0n) is 12.7. The maximum absolute atomic E-state index is 11.9. The number of halogens is 1. The van der Waals surface area contributed by atoms with Gasteiger partial charge in [-0.05, 0) is 29.9 Å². The van der Waals surface area contributed by atoms with Crippen molar-refractivity contribution in [2.75, 3.05) is 6.54 Å². The van der Waals surface area contributed by atoms with Crippen LogP contribution >= 0.6 is 22.0 Å². The maximum atomic E-state index is 11.9. The topological polar surface area (TPSA) is 63.2 Å². The summed E-state index contributed by atoms with van der Waals surface area (Å²) in [6.07, 6.45) is 0.181. The predicted octanol–water partition coefficient (Wildman–Crippen LogP) is 3.26. The third-order valence-corrected chi connectivity index (χ3v) is 6.64. The monoisotopic (exact) mass is 351 g/mol. The molecule has 0 fully saturated rings. The molecule has 0 aliphatic rings. The summed E-state index contributed by atoms with van der Waals surface area (Å²) in [4.78, 5) is 12.6. The summed E-state index contributed by atoms with van der Waals surface area (Å²) in [7, 11) is 1.56. The Kier molecular flexibility index (Phi) is 6.69. The van der Waals surface area contributed by atoms with Gasteiger partial charge in [0.25, 0.3) is 9.05 Å². The van der Waals surface area contributed by atoms with Crippen molar-refractivity contribution in [2.45, 2.75) is 38.3 Å². The van der Waals surface area contributed by atoms with Gasteiger partial charge >= 0.3 is 0 Å². The normalized spacial score (nSPS) is 12.4. The van der Waals surface area contributed by atoms with Crippen LogP contribution in [0.25, 0.3) is 0 Å². The number of carbonyl (C=O) groups is 1. The summed E-state index contributed by atoms with van der Waals surface area (Å²) in [6, 6.07) is 3.06. The lowest BCUT2D eigenvalue weighted by atomic mass is 9.85. The molecule has 21 heavy (non-hydrogen) atoms. The van der Waals surface area contributed by atoms with Crippen molar-refractivity contribution in [1.29, 1.82) is 0 Å². The number of nitrogens with one attached hydrogen (secondary N) is 1. The maximum Gasteiger partial charge on any atom is 0.270 e. The summed E-state index contributed by atoms with van der Waals surface area (Å²) in [5.74, 6) is 1.33. The van der Waals surface area contributed by atoms with Gasteiger partial charge in [0, 0.05) is 22.1 Å². The van der Waals surface area contributed by atoms with Gasteiger partial charge < -0.3 is 5.32 Å². The number of carbonyl (C=O) groups excluding carboxylic acids is 1. The van der Waals surface area contributed by atoms with Crippen molar-refractivity contribution >= 4 is 37.0 Å². The first kappa shape index (κ1) is 18.5. The highest BCUT2D eigenvalue weighted by Crippen LogP contribution is 2.25. The molecule has 1 N–H and O–H groups in total. The van der Waals surface area contributed by atoms with Gasteiger partial charge in [-0.1, -0.05) is 27.7 Å². The Labute approximate surface area is 135 Å². The van der Waals surface area contributed by atoms with E-state index in [1.807, 2.05) is 0 Å². The second-order valence-corrected chi connectivity index (χ2v) is 9.75. The van der Waals surface area contributed by atoms with E-state index < -0.39 is 9.05 Å². The highest BCUT2D eigenvalue weighted by atomic mass is 35.7. The first-order valence-electron chi connectivity index (χ1n) is 6.91. The molecule has 1 rings (SSSR count). The molecule has 1 heterocycles. The average Bonchev–Trinajstić information content (AvgIpc) is 2.76. The Balaban J connectivity index is 2.56. The standard InChI is InChI=1S/C14H22ClNO3S2/c1-9(2)12(10(3)4)8-16-13(17)7-11-5-6-14(20-11)21(15,18)19/h5-6,9-10,12H,7-8H2,1-4H3,(H,16,17). The Hall–Kier alpha value is -0.590. The third-order valence-electron chi connectivity index (χ3n) is 3.46. The molecule has 7 heteroatoms. The fraction of sp³-hybridized carbons (Fsp3) is 0.643. The molecule has 0 bridgehead atoms. The van der Waals surface area contributed by atoms with Gasteiger partial charge in [0.05, 0.1) is 6.42 Å². The second kappa shape index (κ2) is 7.61. The first-order chi connectivity index (χ1) is 9.61. The number of hydrogen-bond donors (Lipinski definition) is 1. The highest BCUT2D eigenvalue weighted by molar-refractivity contribution is 8.15. The summed E-state index contributed by atoms with van der Waals surface area (Å²) >= 11 is 1.03. The first-order valence-corrected chi connectivity index (χ1v) is 10.0. The Morgan fingerprint density at radius 3 is 2.24 bits per heavy atom. The summed E-state index contributed by atoms with van der Waals surface area (Å²) in [6.45, 7) is 9.23. The van der Waals surface area contributed by atoms with Crippen LogP contribution in [-0.4, -0.2) is 20.9 Å². The van der Waals surface area contributed by atoms with Gasteiger partial charge in [-0.2, -0.15) is 0 Å². The van der Waals surface area contributed by atoms with Crippen LogP contribution < -0.4 is 5.32 Å². The molecule has 0 saturated carbocycles. The molecular formula is C14H22ClNO3S2. The van der Waals surface area contributed by atoms with Crippen molar-refractivity contribution in [1.82, 2.24) is 5.32 Å². The zero-order valence-corrected chi connectivity index (χ0v) is 15.1. The minimum Gasteiger partial charge on any atom is -0.355 e. The van der Waals surface area contributed by atoms with Crippen LogP contribution in [0, 0.1) is 17.8 Å². The molecule has 0 aromatic carbocycles. The van der Waals surface area contributed by atoms with Crippen LogP contribution in [0.1, 0.15) is 32.6 Å². The second-order valence-electron chi connectivity index (χ2n) is 5.79. The molecule has 1 aromatic heterocycles.